The van der Waals surface area contributed by atoms with Crippen molar-refractivity contribution in [2.75, 3.05) is 0 Å². The Balaban J connectivity index is 1.39. The zero-order valence-corrected chi connectivity index (χ0v) is 24.8. The van der Waals surface area contributed by atoms with E-state index in [1.165, 1.54) is 76.8 Å². The molecule has 44 heavy (non-hydrogen) atoms. The summed E-state index contributed by atoms with van der Waals surface area (Å²) in [5.41, 5.74) is 12.1. The molecular formula is C42H30N2. The molecule has 0 aliphatic carbocycles. The Kier molecular flexibility index (Phi) is 6.27. The lowest BCUT2D eigenvalue weighted by Gasteiger charge is -2.20. The van der Waals surface area contributed by atoms with Crippen molar-refractivity contribution in [1.29, 1.82) is 0 Å². The lowest BCUT2D eigenvalue weighted by Crippen LogP contribution is -1.93. The minimum atomic E-state index is 1.14. The number of benzene rings is 6. The molecule has 0 spiro atoms. The van der Waals surface area contributed by atoms with Crippen LogP contribution in [0.1, 0.15) is 11.1 Å². The van der Waals surface area contributed by atoms with Crippen LogP contribution >= 0.6 is 0 Å². The minimum absolute atomic E-state index is 1.14. The number of hydrogen-bond donors (Lipinski definition) is 0. The van der Waals surface area contributed by atoms with E-state index in [2.05, 4.69) is 145 Å². The van der Waals surface area contributed by atoms with E-state index in [1.807, 2.05) is 24.8 Å². The van der Waals surface area contributed by atoms with Gasteiger partial charge in [-0.3, -0.25) is 9.97 Å². The molecule has 0 N–H and O–H groups in total. The molecule has 0 unspecified atom stereocenters. The lowest BCUT2D eigenvalue weighted by molar-refractivity contribution is 1.27. The van der Waals surface area contributed by atoms with Gasteiger partial charge in [0.25, 0.3) is 0 Å². The predicted molar refractivity (Wildman–Crippen MR) is 186 cm³/mol. The summed E-state index contributed by atoms with van der Waals surface area (Å²) in [5, 5.41) is 7.48. The Morgan fingerprint density at radius 3 is 1.55 bits per heavy atom. The molecule has 0 bridgehead atoms. The highest BCUT2D eigenvalue weighted by atomic mass is 14.6. The van der Waals surface area contributed by atoms with Gasteiger partial charge in [-0.25, -0.2) is 0 Å². The van der Waals surface area contributed by atoms with Crippen LogP contribution in [-0.4, -0.2) is 9.97 Å². The molecule has 0 amide bonds. The molecule has 0 saturated heterocycles. The van der Waals surface area contributed by atoms with Crippen LogP contribution in [0.25, 0.3) is 76.8 Å². The summed E-state index contributed by atoms with van der Waals surface area (Å²) < 4.78 is 0. The first-order valence-corrected chi connectivity index (χ1v) is 15.1. The van der Waals surface area contributed by atoms with Gasteiger partial charge in [-0.2, -0.15) is 0 Å². The zero-order chi connectivity index (χ0) is 29.6. The smallest absolute Gasteiger partial charge is 0.0349 e. The summed E-state index contributed by atoms with van der Waals surface area (Å²) in [4.78, 5) is 8.86. The number of hydrogen-bond acceptors (Lipinski definition) is 2. The molecule has 0 radical (unpaired) electrons. The third-order valence-electron chi connectivity index (χ3n) is 8.83. The van der Waals surface area contributed by atoms with Crippen molar-refractivity contribution in [3.8, 4) is 44.5 Å². The first kappa shape index (κ1) is 26.1. The van der Waals surface area contributed by atoms with Crippen molar-refractivity contribution < 1.29 is 0 Å². The predicted octanol–water partition coefficient (Wildman–Crippen LogP) is 11.2. The summed E-state index contributed by atoms with van der Waals surface area (Å²) in [6.45, 7) is 4.24. The van der Waals surface area contributed by atoms with Gasteiger partial charge < -0.3 is 0 Å². The van der Waals surface area contributed by atoms with Crippen LogP contribution in [0.4, 0.5) is 0 Å². The molecule has 0 saturated carbocycles. The largest absolute Gasteiger partial charge is 0.264 e. The summed E-state index contributed by atoms with van der Waals surface area (Å²) in [6.07, 6.45) is 7.68. The van der Waals surface area contributed by atoms with E-state index in [4.69, 9.17) is 0 Å². The molecule has 2 heteroatoms. The Morgan fingerprint density at radius 2 is 0.932 bits per heavy atom. The normalized spacial score (nSPS) is 11.4. The van der Waals surface area contributed by atoms with Gasteiger partial charge in [-0.05, 0) is 103 Å². The number of fused-ring (bicyclic) bond motifs is 3. The summed E-state index contributed by atoms with van der Waals surface area (Å²) in [6, 6.07) is 44.3. The quantitative estimate of drug-likeness (QED) is 0.199. The van der Waals surface area contributed by atoms with Gasteiger partial charge in [0.1, 0.15) is 0 Å². The highest BCUT2D eigenvalue weighted by molar-refractivity contribution is 6.24. The van der Waals surface area contributed by atoms with Crippen molar-refractivity contribution in [3.63, 3.8) is 0 Å². The number of rotatable bonds is 4. The lowest BCUT2D eigenvalue weighted by atomic mass is 9.83. The van der Waals surface area contributed by atoms with Crippen LogP contribution in [0.3, 0.4) is 0 Å². The SMILES string of the molecule is Cc1cncc(-c2ccc(-c3c4ccccc4c(-c4ccc(-c5cnccc5C)cc4)c4ccccc34)c3ccccc23)c1. The van der Waals surface area contributed by atoms with Gasteiger partial charge in [-0.1, -0.05) is 109 Å². The molecule has 0 aliphatic rings. The fourth-order valence-corrected chi connectivity index (χ4v) is 6.78. The van der Waals surface area contributed by atoms with Crippen LogP contribution in [0, 0.1) is 13.8 Å². The molecule has 0 aliphatic heterocycles. The maximum absolute atomic E-state index is 4.49. The number of aromatic nitrogens is 2. The molecule has 2 heterocycles. The van der Waals surface area contributed by atoms with E-state index in [9.17, 15) is 0 Å². The summed E-state index contributed by atoms with van der Waals surface area (Å²) in [5.74, 6) is 0. The van der Waals surface area contributed by atoms with E-state index >= 15 is 0 Å². The Morgan fingerprint density at radius 1 is 0.386 bits per heavy atom. The van der Waals surface area contributed by atoms with Crippen molar-refractivity contribution in [1.82, 2.24) is 9.97 Å². The average Bonchev–Trinajstić information content (AvgIpc) is 3.07. The van der Waals surface area contributed by atoms with Crippen LogP contribution in [-0.2, 0) is 0 Å². The van der Waals surface area contributed by atoms with Crippen LogP contribution in [0.15, 0.2) is 146 Å². The van der Waals surface area contributed by atoms with E-state index in [1.54, 1.807) is 0 Å². The van der Waals surface area contributed by atoms with E-state index < -0.39 is 0 Å². The highest BCUT2D eigenvalue weighted by Gasteiger charge is 2.19. The van der Waals surface area contributed by atoms with Crippen molar-refractivity contribution >= 4 is 32.3 Å². The molecule has 8 rings (SSSR count). The second kappa shape index (κ2) is 10.6. The molecule has 2 nitrogen and oxygen atoms in total. The fraction of sp³-hybridized carbons (Fsp3) is 0.0476. The van der Waals surface area contributed by atoms with Crippen molar-refractivity contribution in [3.05, 3.63) is 157 Å². The zero-order valence-electron chi connectivity index (χ0n) is 24.8. The second-order valence-corrected chi connectivity index (χ2v) is 11.6. The van der Waals surface area contributed by atoms with E-state index in [0.717, 1.165) is 11.1 Å². The average molecular weight is 563 g/mol. The second-order valence-electron chi connectivity index (χ2n) is 11.6. The van der Waals surface area contributed by atoms with Gasteiger partial charge >= 0.3 is 0 Å². The number of aryl methyl sites for hydroxylation is 2. The third-order valence-corrected chi connectivity index (χ3v) is 8.83. The van der Waals surface area contributed by atoms with Gasteiger partial charge in [0, 0.05) is 35.9 Å². The third kappa shape index (κ3) is 4.27. The van der Waals surface area contributed by atoms with Crippen LogP contribution in [0.5, 0.6) is 0 Å². The molecule has 0 fully saturated rings. The van der Waals surface area contributed by atoms with Crippen LogP contribution < -0.4 is 0 Å². The summed E-state index contributed by atoms with van der Waals surface area (Å²) >= 11 is 0. The molecule has 2 aromatic heterocycles. The van der Waals surface area contributed by atoms with Crippen molar-refractivity contribution in [2.45, 2.75) is 13.8 Å². The molecule has 6 aromatic carbocycles. The van der Waals surface area contributed by atoms with Gasteiger partial charge in [0.2, 0.25) is 0 Å². The van der Waals surface area contributed by atoms with Gasteiger partial charge in [0.05, 0.1) is 0 Å². The molecular weight excluding hydrogens is 532 g/mol. The van der Waals surface area contributed by atoms with Gasteiger partial charge in [0.15, 0.2) is 0 Å². The molecule has 0 atom stereocenters. The first-order valence-electron chi connectivity index (χ1n) is 15.1. The number of pyridine rings is 2. The Hall–Kier alpha value is -5.60. The maximum Gasteiger partial charge on any atom is 0.0349 e. The van der Waals surface area contributed by atoms with Crippen LogP contribution in [0.2, 0.25) is 0 Å². The molecule has 208 valence electrons. The standard InChI is InChI=1S/C42H30N2/c1-27-23-31(25-44-24-27)32-19-20-39(34-10-4-3-9-33(32)34)42-37-13-7-5-11-35(37)41(36-12-6-8-14-38(36)42)30-17-15-29(16-18-30)40-26-43-22-21-28(40)2/h3-26H,1-2H3. The van der Waals surface area contributed by atoms with E-state index in [-0.39, 0.29) is 0 Å². The van der Waals surface area contributed by atoms with E-state index in [0.29, 0.717) is 0 Å². The monoisotopic (exact) mass is 562 g/mol. The summed E-state index contributed by atoms with van der Waals surface area (Å²) in [7, 11) is 0. The minimum Gasteiger partial charge on any atom is -0.264 e. The van der Waals surface area contributed by atoms with Crippen molar-refractivity contribution in [2.24, 2.45) is 0 Å². The Bertz CT molecular complexity index is 2290. The first-order chi connectivity index (χ1) is 21.7. The molecule has 8 aromatic rings. The fourth-order valence-electron chi connectivity index (χ4n) is 6.78. The Labute approximate surface area is 257 Å². The topological polar surface area (TPSA) is 25.8 Å². The maximum atomic E-state index is 4.49. The number of nitrogens with zero attached hydrogens (tertiary/aromatic N) is 2. The van der Waals surface area contributed by atoms with Gasteiger partial charge in [-0.15, -0.1) is 0 Å². The highest BCUT2D eigenvalue weighted by Crippen LogP contribution is 2.46.